The molecule has 154 valence electrons. The maximum Gasteiger partial charge on any atom is 0.291 e. The van der Waals surface area contributed by atoms with Gasteiger partial charge in [0.25, 0.3) is 5.95 Å². The third-order valence-electron chi connectivity index (χ3n) is 4.92. The molecule has 0 bridgehead atoms. The Morgan fingerprint density at radius 3 is 2.59 bits per heavy atom. The number of methoxy groups -OCH3 is 1. The summed E-state index contributed by atoms with van der Waals surface area (Å²) in [6.45, 7) is 5.37. The molecule has 0 aliphatic carbocycles. The molecule has 1 aliphatic rings. The van der Waals surface area contributed by atoms with Crippen molar-refractivity contribution in [2.75, 3.05) is 7.11 Å². The maximum atomic E-state index is 12.4. The molecule has 2 heterocycles. The van der Waals surface area contributed by atoms with Crippen LogP contribution in [-0.4, -0.2) is 12.3 Å². The molecule has 1 fully saturated rings. The number of hydrogen-bond acceptors (Lipinski definition) is 6. The first-order valence-corrected chi connectivity index (χ1v) is 9.37. The third-order valence-corrected chi connectivity index (χ3v) is 4.92. The zero-order valence-corrected chi connectivity index (χ0v) is 16.9. The van der Waals surface area contributed by atoms with E-state index in [9.17, 15) is 10.0 Å². The van der Waals surface area contributed by atoms with Crippen LogP contribution in [0.1, 0.15) is 48.3 Å². The van der Waals surface area contributed by atoms with E-state index in [0.29, 0.717) is 23.3 Å². The van der Waals surface area contributed by atoms with E-state index in [-0.39, 0.29) is 23.2 Å². The van der Waals surface area contributed by atoms with Crippen molar-refractivity contribution in [3.8, 4) is 5.95 Å². The summed E-state index contributed by atoms with van der Waals surface area (Å²) in [5, 5.41) is 19.0. The van der Waals surface area contributed by atoms with Gasteiger partial charge in [-0.25, -0.2) is 5.21 Å². The van der Waals surface area contributed by atoms with Crippen LogP contribution in [0.15, 0.2) is 50.9 Å². The second-order valence-corrected chi connectivity index (χ2v) is 7.11. The minimum atomic E-state index is -0.945. The highest BCUT2D eigenvalue weighted by molar-refractivity contribution is 5.57. The molecule has 2 atom stereocenters. The van der Waals surface area contributed by atoms with Gasteiger partial charge in [0.05, 0.1) is 18.4 Å². The lowest BCUT2D eigenvalue weighted by atomic mass is 10.1. The Kier molecular flexibility index (Phi) is 6.22. The van der Waals surface area contributed by atoms with E-state index in [1.54, 1.807) is 38.1 Å². The Balaban J connectivity index is 1.77. The molecule has 0 radical (unpaired) electrons. The fraction of sp³-hybridized carbons (Fsp3) is 0.318. The Labute approximate surface area is 169 Å². The van der Waals surface area contributed by atoms with Gasteiger partial charge in [0.2, 0.25) is 0 Å². The largest absolute Gasteiger partial charge is 0.595 e. The number of allylic oxidation sites excluding steroid dienone is 3. The number of quaternary nitrogens is 1. The van der Waals surface area contributed by atoms with E-state index < -0.39 is 5.23 Å². The van der Waals surface area contributed by atoms with Crippen LogP contribution in [0.25, 0.3) is 6.08 Å². The standard InChI is InChI=1S/C22H25NO6/c1-13(11-16-5-7-17(8-6-16)23(25)26)12-18-9-10-19(28-18)21-14(2)20(24)15(3)22(27-4)29-21/h5-8,11-12,19,23,25H,9-10H2,1-4H3/b13-11+,18-12-/t19-/m1/s1. The van der Waals surface area contributed by atoms with Gasteiger partial charge in [-0.1, -0.05) is 6.08 Å². The molecule has 2 N–H and O–H groups in total. The summed E-state index contributed by atoms with van der Waals surface area (Å²) in [5.74, 6) is 1.54. The van der Waals surface area contributed by atoms with Gasteiger partial charge in [-0.2, -0.15) is 5.23 Å². The van der Waals surface area contributed by atoms with Crippen LogP contribution in [0.2, 0.25) is 0 Å². The fourth-order valence-electron chi connectivity index (χ4n) is 3.39. The van der Waals surface area contributed by atoms with Gasteiger partial charge in [0.15, 0.2) is 23.0 Å². The Hall–Kier alpha value is -2.87. The topological polar surface area (TPSA) is 96.4 Å². The molecule has 7 heteroatoms. The van der Waals surface area contributed by atoms with Crippen molar-refractivity contribution in [2.24, 2.45) is 0 Å². The summed E-state index contributed by atoms with van der Waals surface area (Å²) >= 11 is 0. The minimum Gasteiger partial charge on any atom is -0.595 e. The summed E-state index contributed by atoms with van der Waals surface area (Å²) in [4.78, 5) is 12.4. The highest BCUT2D eigenvalue weighted by Gasteiger charge is 2.28. The van der Waals surface area contributed by atoms with Crippen molar-refractivity contribution in [1.82, 2.24) is 0 Å². The summed E-state index contributed by atoms with van der Waals surface area (Å²) in [6, 6.07) is 6.68. The van der Waals surface area contributed by atoms with Crippen molar-refractivity contribution in [3.63, 3.8) is 0 Å². The number of rotatable bonds is 5. The van der Waals surface area contributed by atoms with E-state index in [1.165, 1.54) is 7.11 Å². The molecule has 3 rings (SSSR count). The van der Waals surface area contributed by atoms with Gasteiger partial charge in [0, 0.05) is 24.1 Å². The van der Waals surface area contributed by atoms with E-state index in [2.05, 4.69) is 0 Å². The van der Waals surface area contributed by atoms with Crippen LogP contribution in [0, 0.1) is 19.1 Å². The highest BCUT2D eigenvalue weighted by Crippen LogP contribution is 2.38. The zero-order valence-electron chi connectivity index (χ0n) is 16.9. The van der Waals surface area contributed by atoms with Crippen molar-refractivity contribution < 1.29 is 24.3 Å². The fourth-order valence-corrected chi connectivity index (χ4v) is 3.39. The number of hydrogen-bond donors (Lipinski definition) is 2. The predicted octanol–water partition coefficient (Wildman–Crippen LogP) is 3.51. The first-order valence-electron chi connectivity index (χ1n) is 9.37. The normalized spacial score (nSPS) is 19.3. The monoisotopic (exact) mass is 399 g/mol. The van der Waals surface area contributed by atoms with Gasteiger partial charge < -0.3 is 19.1 Å². The molecule has 1 unspecified atom stereocenters. The lowest BCUT2D eigenvalue weighted by Crippen LogP contribution is -2.99. The second-order valence-electron chi connectivity index (χ2n) is 7.11. The molecule has 0 saturated carbocycles. The van der Waals surface area contributed by atoms with Gasteiger partial charge in [-0.3, -0.25) is 4.79 Å². The Bertz CT molecular complexity index is 1000. The van der Waals surface area contributed by atoms with Crippen molar-refractivity contribution in [2.45, 2.75) is 39.7 Å². The van der Waals surface area contributed by atoms with Gasteiger partial charge in [-0.05, 0) is 56.5 Å². The van der Waals surface area contributed by atoms with Gasteiger partial charge in [-0.15, -0.1) is 0 Å². The second kappa shape index (κ2) is 8.65. The molecule has 1 aromatic heterocycles. The van der Waals surface area contributed by atoms with Gasteiger partial charge >= 0.3 is 0 Å². The smallest absolute Gasteiger partial charge is 0.291 e. The first-order chi connectivity index (χ1) is 13.8. The highest BCUT2D eigenvalue weighted by atomic mass is 16.8. The maximum absolute atomic E-state index is 12.4. The summed E-state index contributed by atoms with van der Waals surface area (Å²) in [7, 11) is 1.47. The first kappa shape index (κ1) is 20.9. The lowest BCUT2D eigenvalue weighted by Gasteiger charge is -2.14. The van der Waals surface area contributed by atoms with E-state index in [1.807, 2.05) is 19.1 Å². The molecule has 1 saturated heterocycles. The van der Waals surface area contributed by atoms with Crippen molar-refractivity contribution >= 4 is 11.8 Å². The SMILES string of the molecule is COc1oc([C@H]2CC/C(=C/C(C)=C/c3ccc([NH+]([O-])O)cc3)O2)c(C)c(=O)c1C. The van der Waals surface area contributed by atoms with E-state index in [4.69, 9.17) is 19.1 Å². The Morgan fingerprint density at radius 2 is 1.97 bits per heavy atom. The predicted molar refractivity (Wildman–Crippen MR) is 108 cm³/mol. The Morgan fingerprint density at radius 1 is 1.28 bits per heavy atom. The van der Waals surface area contributed by atoms with Crippen LogP contribution in [0.5, 0.6) is 5.95 Å². The zero-order chi connectivity index (χ0) is 21.1. The number of ether oxygens (including phenoxy) is 2. The lowest BCUT2D eigenvalue weighted by molar-refractivity contribution is -0.991. The van der Waals surface area contributed by atoms with Gasteiger partial charge in [0.1, 0.15) is 0 Å². The molecule has 0 spiro atoms. The molecule has 2 aromatic rings. The average Bonchev–Trinajstić information content (AvgIpc) is 3.14. The van der Waals surface area contributed by atoms with Crippen molar-refractivity contribution in [1.29, 1.82) is 0 Å². The molecule has 1 aromatic carbocycles. The molecular weight excluding hydrogens is 374 g/mol. The molecule has 0 amide bonds. The quantitative estimate of drug-likeness (QED) is 0.747. The molecule has 7 nitrogen and oxygen atoms in total. The van der Waals surface area contributed by atoms with Crippen LogP contribution >= 0.6 is 0 Å². The van der Waals surface area contributed by atoms with Crippen LogP contribution in [0.3, 0.4) is 0 Å². The molecule has 29 heavy (non-hydrogen) atoms. The number of nitrogens with one attached hydrogen (secondary N) is 1. The molecule has 1 aliphatic heterocycles. The summed E-state index contributed by atoms with van der Waals surface area (Å²) in [6.07, 6.45) is 5.01. The summed E-state index contributed by atoms with van der Waals surface area (Å²) < 4.78 is 17.0. The van der Waals surface area contributed by atoms with Crippen LogP contribution in [0.4, 0.5) is 5.69 Å². The van der Waals surface area contributed by atoms with Crippen molar-refractivity contribution in [3.05, 3.63) is 79.6 Å². The van der Waals surface area contributed by atoms with Crippen LogP contribution in [-0.2, 0) is 4.74 Å². The number of benzene rings is 1. The molecular formula is C22H25NO6. The third kappa shape index (κ3) is 4.59. The summed E-state index contributed by atoms with van der Waals surface area (Å²) in [5.41, 5.74) is 3.04. The van der Waals surface area contributed by atoms with E-state index >= 15 is 0 Å². The minimum absolute atomic E-state index is 0.0926. The van der Waals surface area contributed by atoms with E-state index in [0.717, 1.165) is 23.3 Å². The average molecular weight is 399 g/mol. The van der Waals surface area contributed by atoms with Crippen LogP contribution < -0.4 is 15.4 Å².